The number of sulfonamides is 1. The average Bonchev–Trinajstić information content (AvgIpc) is 3.39. The number of carbonyl (C=O) groups excluding carboxylic acids is 2. The highest BCUT2D eigenvalue weighted by atomic mass is 35.5. The number of nitrogens with one attached hydrogen (secondary N) is 1. The molecule has 202 valence electrons. The number of piperidine rings is 1. The number of amides is 2. The summed E-state index contributed by atoms with van der Waals surface area (Å²) >= 11 is 6.08. The molecule has 13 heteroatoms. The maximum absolute atomic E-state index is 13.8. The van der Waals surface area contributed by atoms with E-state index in [2.05, 4.69) is 9.88 Å². The molecular weight excluding hydrogens is 522 g/mol. The molecule has 0 aliphatic carbocycles. The second kappa shape index (κ2) is 9.51. The molecule has 1 aromatic carbocycles. The monoisotopic (exact) mass is 553 g/mol. The first kappa shape index (κ1) is 26.4. The molecule has 2 amide bonds. The molecule has 1 unspecified atom stereocenters. The molecule has 1 atom stereocenters. The van der Waals surface area contributed by atoms with Gasteiger partial charge in [0.1, 0.15) is 17.3 Å². The zero-order valence-corrected chi connectivity index (χ0v) is 22.8. The molecule has 3 saturated heterocycles. The Morgan fingerprint density at radius 3 is 2.54 bits per heavy atom. The number of fused-ring (bicyclic) bond motifs is 2. The summed E-state index contributed by atoms with van der Waals surface area (Å²) in [5.74, 6) is -0.331. The number of benzene rings is 1. The highest BCUT2D eigenvalue weighted by Crippen LogP contribution is 2.45. The van der Waals surface area contributed by atoms with Gasteiger partial charge in [0, 0.05) is 55.3 Å². The van der Waals surface area contributed by atoms with E-state index in [1.165, 1.54) is 11.4 Å². The van der Waals surface area contributed by atoms with Crippen molar-refractivity contribution in [2.75, 3.05) is 67.2 Å². The number of rotatable bonds is 6. The Balaban J connectivity index is 1.44. The smallest absolute Gasteiger partial charge is 0.259 e. The van der Waals surface area contributed by atoms with Crippen molar-refractivity contribution in [2.45, 2.75) is 29.1 Å². The van der Waals surface area contributed by atoms with Crippen molar-refractivity contribution in [3.05, 3.63) is 29.3 Å². The van der Waals surface area contributed by atoms with Gasteiger partial charge in [0.25, 0.3) is 10.0 Å². The number of nitrogens with zero attached hydrogens (tertiary/aromatic N) is 4. The maximum atomic E-state index is 13.8. The largest absolute Gasteiger partial charge is 0.381 e. The standard InChI is InChI=1S/C24H32ClN5O6S/c1-27-23(6-8-28(9-7-23)22(32)13-35-2)14-30-21(31)12-29(15-24(27,30)16-36-3)37(33,34)20-11-17-10-18(25)4-5-19(17)26-20/h4-5,10-11,26H,6-9,12-16H2,1-3H3. The number of carbonyl (C=O) groups is 2. The number of methoxy groups -OCH3 is 2. The third kappa shape index (κ3) is 4.23. The van der Waals surface area contributed by atoms with Crippen LogP contribution in [-0.2, 0) is 29.1 Å². The number of hydrogen-bond acceptors (Lipinski definition) is 7. The van der Waals surface area contributed by atoms with Crippen LogP contribution in [0.2, 0.25) is 5.02 Å². The van der Waals surface area contributed by atoms with Crippen LogP contribution in [0.4, 0.5) is 0 Å². The molecule has 4 heterocycles. The van der Waals surface area contributed by atoms with Crippen molar-refractivity contribution < 1.29 is 27.5 Å². The van der Waals surface area contributed by atoms with Crippen LogP contribution in [0.15, 0.2) is 29.3 Å². The van der Waals surface area contributed by atoms with Gasteiger partial charge in [-0.25, -0.2) is 8.42 Å². The number of hydrogen-bond donors (Lipinski definition) is 1. The molecule has 1 aromatic heterocycles. The predicted octanol–water partition coefficient (Wildman–Crippen LogP) is 0.950. The summed E-state index contributed by atoms with van der Waals surface area (Å²) in [6, 6.07) is 6.65. The Morgan fingerprint density at radius 2 is 1.86 bits per heavy atom. The van der Waals surface area contributed by atoms with E-state index in [9.17, 15) is 18.0 Å². The molecule has 3 fully saturated rings. The van der Waals surface area contributed by atoms with Crippen molar-refractivity contribution in [1.82, 2.24) is 24.0 Å². The molecule has 0 radical (unpaired) electrons. The van der Waals surface area contributed by atoms with E-state index in [-0.39, 0.29) is 43.1 Å². The Labute approximate surface area is 221 Å². The fourth-order valence-electron chi connectivity index (χ4n) is 6.11. The Bertz CT molecular complexity index is 1320. The van der Waals surface area contributed by atoms with Crippen LogP contribution >= 0.6 is 11.6 Å². The molecule has 1 spiro atoms. The molecule has 3 aliphatic rings. The fourth-order valence-corrected chi connectivity index (χ4v) is 7.74. The molecule has 3 aliphatic heterocycles. The number of aromatic amines is 1. The van der Waals surface area contributed by atoms with Crippen molar-refractivity contribution in [3.8, 4) is 0 Å². The van der Waals surface area contributed by atoms with Crippen molar-refractivity contribution >= 4 is 44.3 Å². The summed E-state index contributed by atoms with van der Waals surface area (Å²) in [6.45, 7) is 1.53. The lowest BCUT2D eigenvalue weighted by molar-refractivity contribution is -0.153. The van der Waals surface area contributed by atoms with Gasteiger partial charge in [0.05, 0.1) is 19.7 Å². The normalized spacial score (nSPS) is 24.8. The Morgan fingerprint density at radius 1 is 1.14 bits per heavy atom. The van der Waals surface area contributed by atoms with Crippen LogP contribution in [0, 0.1) is 0 Å². The minimum Gasteiger partial charge on any atom is -0.381 e. The van der Waals surface area contributed by atoms with Crippen LogP contribution in [-0.4, -0.2) is 123 Å². The quantitative estimate of drug-likeness (QED) is 0.566. The number of H-pyrrole nitrogens is 1. The zero-order chi connectivity index (χ0) is 26.6. The molecule has 1 N–H and O–H groups in total. The lowest BCUT2D eigenvalue weighted by Gasteiger charge is -2.50. The molecule has 11 nitrogen and oxygen atoms in total. The number of piperazine rings is 1. The van der Waals surface area contributed by atoms with E-state index in [0.717, 1.165) is 0 Å². The third-order valence-corrected chi connectivity index (χ3v) is 10.1. The minimum atomic E-state index is -4.02. The zero-order valence-electron chi connectivity index (χ0n) is 21.2. The van der Waals surface area contributed by atoms with Gasteiger partial charge in [-0.1, -0.05) is 11.6 Å². The number of ether oxygens (including phenoxy) is 2. The number of halogens is 1. The van der Waals surface area contributed by atoms with E-state index >= 15 is 0 Å². The molecular formula is C24H32ClN5O6S. The summed E-state index contributed by atoms with van der Waals surface area (Å²) in [4.78, 5) is 34.5. The molecule has 0 saturated carbocycles. The van der Waals surface area contributed by atoms with Gasteiger partial charge in [0.2, 0.25) is 11.8 Å². The topological polar surface area (TPSA) is 115 Å². The summed E-state index contributed by atoms with van der Waals surface area (Å²) in [5, 5.41) is 1.19. The lowest BCUT2D eigenvalue weighted by Crippen LogP contribution is -2.70. The fraction of sp³-hybridized carbons (Fsp3) is 0.583. The maximum Gasteiger partial charge on any atom is 0.259 e. The third-order valence-electron chi connectivity index (χ3n) is 8.20. The second-order valence-corrected chi connectivity index (χ2v) is 12.5. The lowest BCUT2D eigenvalue weighted by atomic mass is 9.86. The highest BCUT2D eigenvalue weighted by molar-refractivity contribution is 7.89. The van der Waals surface area contributed by atoms with Gasteiger partial charge in [-0.15, -0.1) is 0 Å². The van der Waals surface area contributed by atoms with Gasteiger partial charge in [0.15, 0.2) is 0 Å². The summed E-state index contributed by atoms with van der Waals surface area (Å²) in [5.41, 5.74) is -0.716. The van der Waals surface area contributed by atoms with Crippen molar-refractivity contribution in [2.24, 2.45) is 0 Å². The van der Waals surface area contributed by atoms with Crippen LogP contribution in [0.3, 0.4) is 0 Å². The Kier molecular flexibility index (Phi) is 6.78. The first-order valence-electron chi connectivity index (χ1n) is 12.1. The van der Waals surface area contributed by atoms with E-state index < -0.39 is 21.2 Å². The number of likely N-dealkylation sites (N-methyl/N-ethyl adjacent to an activating group) is 1. The van der Waals surface area contributed by atoms with Crippen molar-refractivity contribution in [1.29, 1.82) is 0 Å². The predicted molar refractivity (Wildman–Crippen MR) is 137 cm³/mol. The summed E-state index contributed by atoms with van der Waals surface area (Å²) in [7, 11) is 0.962. The SMILES string of the molecule is COCC(=O)N1CCC2(CC1)CN1C(=O)CN(S(=O)(=O)c3cc4cc(Cl)ccc4[nH]3)CC1(COC)N2C. The molecule has 0 bridgehead atoms. The first-order valence-corrected chi connectivity index (χ1v) is 14.0. The average molecular weight is 554 g/mol. The van der Waals surface area contributed by atoms with E-state index in [1.807, 2.05) is 7.05 Å². The molecule has 2 aromatic rings. The van der Waals surface area contributed by atoms with Gasteiger partial charge in [-0.05, 0) is 44.2 Å². The summed E-state index contributed by atoms with van der Waals surface area (Å²) in [6.07, 6.45) is 1.31. The van der Waals surface area contributed by atoms with Crippen molar-refractivity contribution in [3.63, 3.8) is 0 Å². The number of aromatic nitrogens is 1. The van der Waals surface area contributed by atoms with Crippen LogP contribution in [0.5, 0.6) is 0 Å². The van der Waals surface area contributed by atoms with Gasteiger partial charge >= 0.3 is 0 Å². The minimum absolute atomic E-state index is 0.0129. The molecule has 37 heavy (non-hydrogen) atoms. The first-order chi connectivity index (χ1) is 17.6. The van der Waals surface area contributed by atoms with E-state index in [0.29, 0.717) is 48.4 Å². The van der Waals surface area contributed by atoms with E-state index in [4.69, 9.17) is 21.1 Å². The second-order valence-electron chi connectivity index (χ2n) is 10.1. The van der Waals surface area contributed by atoms with Crippen LogP contribution < -0.4 is 0 Å². The van der Waals surface area contributed by atoms with Gasteiger partial charge < -0.3 is 24.3 Å². The van der Waals surface area contributed by atoms with Gasteiger partial charge in [-0.3, -0.25) is 14.5 Å². The molecule has 5 rings (SSSR count). The van der Waals surface area contributed by atoms with Gasteiger partial charge in [-0.2, -0.15) is 4.31 Å². The highest BCUT2D eigenvalue weighted by Gasteiger charge is 2.63. The van der Waals surface area contributed by atoms with E-state index in [1.54, 1.807) is 41.2 Å². The number of likely N-dealkylation sites (tertiary alicyclic amines) is 1. The summed E-state index contributed by atoms with van der Waals surface area (Å²) < 4.78 is 39.3. The van der Waals surface area contributed by atoms with Crippen LogP contribution in [0.1, 0.15) is 12.8 Å². The van der Waals surface area contributed by atoms with Crippen LogP contribution in [0.25, 0.3) is 10.9 Å². The Hall–Kier alpha value is -2.22.